The van der Waals surface area contributed by atoms with Crippen LogP contribution in [0.2, 0.25) is 0 Å². The zero-order chi connectivity index (χ0) is 15.4. The Kier molecular flexibility index (Phi) is 5.72. The Labute approximate surface area is 122 Å². The van der Waals surface area contributed by atoms with Crippen molar-refractivity contribution < 1.29 is 4.79 Å². The van der Waals surface area contributed by atoms with E-state index in [1.54, 1.807) is 0 Å². The van der Waals surface area contributed by atoms with E-state index in [2.05, 4.69) is 24.4 Å². The number of carbonyl (C=O) groups is 1. The Morgan fingerprint density at radius 1 is 1.10 bits per heavy atom. The molecule has 0 saturated heterocycles. The molecule has 0 aromatic heterocycles. The fraction of sp³-hybridized carbons (Fsp3) is 0.562. The van der Waals surface area contributed by atoms with Crippen molar-refractivity contribution in [1.29, 1.82) is 0 Å². The summed E-state index contributed by atoms with van der Waals surface area (Å²) in [7, 11) is 7.82. The topological polar surface area (TPSA) is 35.6 Å². The highest BCUT2D eigenvalue weighted by Gasteiger charge is 2.22. The number of rotatable bonds is 5. The first-order valence-electron chi connectivity index (χ1n) is 6.92. The van der Waals surface area contributed by atoms with E-state index in [0.717, 1.165) is 16.8 Å². The highest BCUT2D eigenvalue weighted by molar-refractivity contribution is 5.96. The molecule has 112 valence electrons. The first-order valence-corrected chi connectivity index (χ1v) is 6.92. The maximum Gasteiger partial charge on any atom is 0.243 e. The predicted octanol–water partition coefficient (Wildman–Crippen LogP) is 2.04. The summed E-state index contributed by atoms with van der Waals surface area (Å²) in [4.78, 5) is 16.5. The number of benzene rings is 1. The van der Waals surface area contributed by atoms with Crippen LogP contribution in [0, 0.1) is 20.8 Å². The third kappa shape index (κ3) is 4.32. The average molecular weight is 277 g/mol. The summed E-state index contributed by atoms with van der Waals surface area (Å²) < 4.78 is 0. The van der Waals surface area contributed by atoms with Crippen LogP contribution in [0.5, 0.6) is 0 Å². The summed E-state index contributed by atoms with van der Waals surface area (Å²) in [6, 6.07) is 4.03. The van der Waals surface area contributed by atoms with Gasteiger partial charge in [0.2, 0.25) is 5.91 Å². The molecule has 0 spiro atoms. The molecule has 1 amide bonds. The van der Waals surface area contributed by atoms with Crippen LogP contribution >= 0.6 is 0 Å². The summed E-state index contributed by atoms with van der Waals surface area (Å²) in [5, 5.41) is 3.09. The number of amides is 1. The molecule has 4 heteroatoms. The SMILES string of the molecule is Cc1cc(C)c(NC(=O)C(CN(C)C)N(C)C)c(C)c1. The summed E-state index contributed by atoms with van der Waals surface area (Å²) in [5.74, 6) is 0.0405. The Hall–Kier alpha value is -1.39. The number of hydrogen-bond donors (Lipinski definition) is 1. The van der Waals surface area contributed by atoms with Crippen molar-refractivity contribution >= 4 is 11.6 Å². The highest BCUT2D eigenvalue weighted by atomic mass is 16.2. The molecular formula is C16H27N3O. The summed E-state index contributed by atoms with van der Waals surface area (Å²) in [6.45, 7) is 6.83. The van der Waals surface area contributed by atoms with Gasteiger partial charge in [0.05, 0.1) is 0 Å². The lowest BCUT2D eigenvalue weighted by molar-refractivity contribution is -0.120. The van der Waals surface area contributed by atoms with Crippen molar-refractivity contribution in [2.75, 3.05) is 40.1 Å². The summed E-state index contributed by atoms with van der Waals surface area (Å²) in [5.41, 5.74) is 4.37. The molecule has 0 heterocycles. The van der Waals surface area contributed by atoms with Gasteiger partial charge in [-0.3, -0.25) is 9.69 Å². The van der Waals surface area contributed by atoms with Gasteiger partial charge in [-0.05, 0) is 60.1 Å². The molecule has 0 bridgehead atoms. The van der Waals surface area contributed by atoms with Gasteiger partial charge in [-0.1, -0.05) is 17.7 Å². The number of nitrogens with zero attached hydrogens (tertiary/aromatic N) is 2. The molecule has 1 rings (SSSR count). The average Bonchev–Trinajstić information content (AvgIpc) is 2.29. The summed E-state index contributed by atoms with van der Waals surface area (Å²) in [6.07, 6.45) is 0. The molecule has 1 N–H and O–H groups in total. The van der Waals surface area contributed by atoms with E-state index in [1.807, 2.05) is 51.8 Å². The normalized spacial score (nSPS) is 12.8. The molecular weight excluding hydrogens is 250 g/mol. The fourth-order valence-electron chi connectivity index (χ4n) is 2.41. The van der Waals surface area contributed by atoms with Crippen molar-refractivity contribution in [3.8, 4) is 0 Å². The molecule has 0 aliphatic rings. The molecule has 1 aromatic carbocycles. The molecule has 0 fully saturated rings. The predicted molar refractivity (Wildman–Crippen MR) is 85.3 cm³/mol. The van der Waals surface area contributed by atoms with Crippen molar-refractivity contribution in [2.45, 2.75) is 26.8 Å². The molecule has 1 aromatic rings. The molecule has 0 radical (unpaired) electrons. The van der Waals surface area contributed by atoms with Gasteiger partial charge in [-0.2, -0.15) is 0 Å². The number of anilines is 1. The number of likely N-dealkylation sites (N-methyl/N-ethyl adjacent to an activating group) is 2. The maximum atomic E-state index is 12.5. The van der Waals surface area contributed by atoms with Crippen molar-refractivity contribution in [1.82, 2.24) is 9.80 Å². The van der Waals surface area contributed by atoms with Crippen LogP contribution in [0.4, 0.5) is 5.69 Å². The van der Waals surface area contributed by atoms with E-state index in [4.69, 9.17) is 0 Å². The minimum Gasteiger partial charge on any atom is -0.324 e. The first kappa shape index (κ1) is 16.7. The number of aryl methyl sites for hydroxylation is 3. The van der Waals surface area contributed by atoms with E-state index in [-0.39, 0.29) is 11.9 Å². The van der Waals surface area contributed by atoms with E-state index < -0.39 is 0 Å². The van der Waals surface area contributed by atoms with Gasteiger partial charge < -0.3 is 10.2 Å². The molecule has 1 unspecified atom stereocenters. The van der Waals surface area contributed by atoms with Gasteiger partial charge in [0, 0.05) is 12.2 Å². The van der Waals surface area contributed by atoms with Crippen molar-refractivity contribution in [3.63, 3.8) is 0 Å². The fourth-order valence-corrected chi connectivity index (χ4v) is 2.41. The van der Waals surface area contributed by atoms with E-state index >= 15 is 0 Å². The van der Waals surface area contributed by atoms with Crippen LogP contribution in [-0.4, -0.2) is 56.5 Å². The Morgan fingerprint density at radius 2 is 1.60 bits per heavy atom. The lowest BCUT2D eigenvalue weighted by Crippen LogP contribution is -2.46. The maximum absolute atomic E-state index is 12.5. The molecule has 0 aliphatic carbocycles. The van der Waals surface area contributed by atoms with E-state index in [0.29, 0.717) is 6.54 Å². The lowest BCUT2D eigenvalue weighted by atomic mass is 10.0. The van der Waals surface area contributed by atoms with Gasteiger partial charge in [-0.25, -0.2) is 0 Å². The van der Waals surface area contributed by atoms with Crippen LogP contribution < -0.4 is 5.32 Å². The van der Waals surface area contributed by atoms with Gasteiger partial charge in [-0.15, -0.1) is 0 Å². The Balaban J connectivity index is 2.94. The largest absolute Gasteiger partial charge is 0.324 e. The second-order valence-electron chi connectivity index (χ2n) is 6.00. The molecule has 0 aliphatic heterocycles. The quantitative estimate of drug-likeness (QED) is 0.894. The van der Waals surface area contributed by atoms with Crippen LogP contribution in [-0.2, 0) is 4.79 Å². The summed E-state index contributed by atoms with van der Waals surface area (Å²) >= 11 is 0. The standard InChI is InChI=1S/C16H27N3O/c1-11-8-12(2)15(13(3)9-11)17-16(20)14(19(6)7)10-18(4)5/h8-9,14H,10H2,1-7H3,(H,17,20). The van der Waals surface area contributed by atoms with Crippen molar-refractivity contribution in [3.05, 3.63) is 28.8 Å². The number of hydrogen-bond acceptors (Lipinski definition) is 3. The van der Waals surface area contributed by atoms with Gasteiger partial charge in [0.25, 0.3) is 0 Å². The Morgan fingerprint density at radius 3 is 2.00 bits per heavy atom. The zero-order valence-electron chi connectivity index (χ0n) is 13.7. The van der Waals surface area contributed by atoms with Crippen LogP contribution in [0.15, 0.2) is 12.1 Å². The van der Waals surface area contributed by atoms with Crippen molar-refractivity contribution in [2.24, 2.45) is 0 Å². The van der Waals surface area contributed by atoms with Crippen LogP contribution in [0.1, 0.15) is 16.7 Å². The van der Waals surface area contributed by atoms with E-state index in [1.165, 1.54) is 5.56 Å². The molecule has 0 saturated carbocycles. The molecule has 1 atom stereocenters. The highest BCUT2D eigenvalue weighted by Crippen LogP contribution is 2.22. The van der Waals surface area contributed by atoms with E-state index in [9.17, 15) is 4.79 Å². The molecule has 20 heavy (non-hydrogen) atoms. The third-order valence-corrected chi connectivity index (χ3v) is 3.39. The second kappa shape index (κ2) is 6.86. The molecule has 4 nitrogen and oxygen atoms in total. The van der Waals surface area contributed by atoms with Gasteiger partial charge in [0.1, 0.15) is 6.04 Å². The van der Waals surface area contributed by atoms with Gasteiger partial charge in [0.15, 0.2) is 0 Å². The minimum absolute atomic E-state index is 0.0405. The van der Waals surface area contributed by atoms with Crippen LogP contribution in [0.25, 0.3) is 0 Å². The van der Waals surface area contributed by atoms with Crippen LogP contribution in [0.3, 0.4) is 0 Å². The number of carbonyl (C=O) groups excluding carboxylic acids is 1. The monoisotopic (exact) mass is 277 g/mol. The minimum atomic E-state index is -0.162. The first-order chi connectivity index (χ1) is 9.22. The lowest BCUT2D eigenvalue weighted by Gasteiger charge is -2.27. The number of nitrogens with one attached hydrogen (secondary N) is 1. The zero-order valence-corrected chi connectivity index (χ0v) is 13.7. The second-order valence-corrected chi connectivity index (χ2v) is 6.00. The third-order valence-electron chi connectivity index (χ3n) is 3.39. The Bertz CT molecular complexity index is 458. The van der Waals surface area contributed by atoms with Gasteiger partial charge >= 0.3 is 0 Å². The smallest absolute Gasteiger partial charge is 0.243 e.